The number of carbonyl (C=O) groups excluding carboxylic acids is 2. The minimum Gasteiger partial charge on any atom is -0.444 e. The monoisotopic (exact) mass is 641 g/mol. The Morgan fingerprint density at radius 2 is 1.24 bits per heavy atom. The van der Waals surface area contributed by atoms with Crippen LogP contribution in [0.5, 0.6) is 0 Å². The third-order valence-electron chi connectivity index (χ3n) is 8.89. The SMILES string of the molecule is Cc1c(-c2nc3c(s2)CN(C(=O)CN2CCCC2)C3)cccc1-c1cccc(-c2nc3c(s2)CN(C(=O)OC(C)(C)C)C3)c1C. The highest BCUT2D eigenvalue weighted by Crippen LogP contribution is 2.41. The van der Waals surface area contributed by atoms with E-state index < -0.39 is 5.60 Å². The number of likely N-dealkylation sites (tertiary alicyclic amines) is 1. The summed E-state index contributed by atoms with van der Waals surface area (Å²) in [5.74, 6) is 0.211. The van der Waals surface area contributed by atoms with Crippen molar-refractivity contribution in [1.29, 1.82) is 0 Å². The maximum Gasteiger partial charge on any atom is 0.410 e. The highest BCUT2D eigenvalue weighted by atomic mass is 32.1. The lowest BCUT2D eigenvalue weighted by Crippen LogP contribution is -2.36. The molecule has 2 aromatic heterocycles. The summed E-state index contributed by atoms with van der Waals surface area (Å²) in [6, 6.07) is 12.9. The molecule has 45 heavy (non-hydrogen) atoms. The largest absolute Gasteiger partial charge is 0.444 e. The van der Waals surface area contributed by atoms with E-state index in [1.807, 2.05) is 25.7 Å². The molecule has 1 saturated heterocycles. The summed E-state index contributed by atoms with van der Waals surface area (Å²) in [7, 11) is 0. The third-order valence-corrected chi connectivity index (χ3v) is 11.1. The molecule has 0 radical (unpaired) electrons. The lowest BCUT2D eigenvalue weighted by Gasteiger charge is -2.24. The molecule has 0 bridgehead atoms. The van der Waals surface area contributed by atoms with Crippen LogP contribution in [-0.2, 0) is 35.7 Å². The van der Waals surface area contributed by atoms with Gasteiger partial charge in [-0.2, -0.15) is 0 Å². The van der Waals surface area contributed by atoms with Crippen LogP contribution in [0.4, 0.5) is 4.79 Å². The molecule has 0 aliphatic carbocycles. The fraction of sp³-hybridized carbons (Fsp3) is 0.429. The third kappa shape index (κ3) is 5.91. The Morgan fingerprint density at radius 1 is 0.756 bits per heavy atom. The minimum absolute atomic E-state index is 0.211. The number of aromatic nitrogens is 2. The topological polar surface area (TPSA) is 78.9 Å². The van der Waals surface area contributed by atoms with Crippen molar-refractivity contribution >= 4 is 34.7 Å². The molecule has 10 heteroatoms. The second-order valence-electron chi connectivity index (χ2n) is 13.3. The van der Waals surface area contributed by atoms with Crippen LogP contribution < -0.4 is 0 Å². The smallest absolute Gasteiger partial charge is 0.410 e. The molecule has 0 unspecified atom stereocenters. The zero-order valence-corrected chi connectivity index (χ0v) is 28.2. The van der Waals surface area contributed by atoms with Crippen LogP contribution in [0.1, 0.15) is 65.9 Å². The Kier molecular flexibility index (Phi) is 7.78. The van der Waals surface area contributed by atoms with Gasteiger partial charge in [0.05, 0.1) is 44.1 Å². The van der Waals surface area contributed by atoms with E-state index in [-0.39, 0.29) is 12.0 Å². The first kappa shape index (κ1) is 30.1. The molecule has 7 rings (SSSR count). The van der Waals surface area contributed by atoms with Crippen molar-refractivity contribution in [1.82, 2.24) is 24.7 Å². The summed E-state index contributed by atoms with van der Waals surface area (Å²) in [6.45, 7) is 14.9. The summed E-state index contributed by atoms with van der Waals surface area (Å²) < 4.78 is 5.57. The summed E-state index contributed by atoms with van der Waals surface area (Å²) in [4.78, 5) is 43.8. The first-order chi connectivity index (χ1) is 21.5. The van der Waals surface area contributed by atoms with Gasteiger partial charge in [-0.15, -0.1) is 22.7 Å². The first-order valence-electron chi connectivity index (χ1n) is 15.7. The van der Waals surface area contributed by atoms with Gasteiger partial charge in [-0.25, -0.2) is 14.8 Å². The summed E-state index contributed by atoms with van der Waals surface area (Å²) in [5, 5.41) is 2.00. The normalized spacial score (nSPS) is 16.4. The predicted octanol–water partition coefficient (Wildman–Crippen LogP) is 7.41. The number of carbonyl (C=O) groups is 2. The Balaban J connectivity index is 1.09. The number of rotatable bonds is 5. The molecule has 8 nitrogen and oxygen atoms in total. The van der Waals surface area contributed by atoms with Crippen LogP contribution in [0.2, 0.25) is 0 Å². The Morgan fingerprint density at radius 3 is 1.76 bits per heavy atom. The molecule has 234 valence electrons. The predicted molar refractivity (Wildman–Crippen MR) is 179 cm³/mol. The van der Waals surface area contributed by atoms with E-state index in [4.69, 9.17) is 14.7 Å². The van der Waals surface area contributed by atoms with Gasteiger partial charge < -0.3 is 9.64 Å². The van der Waals surface area contributed by atoms with Crippen LogP contribution in [0, 0.1) is 13.8 Å². The standard InChI is InChI=1S/C35H39N5O3S2/c1-21-23(10-8-12-25(21)32-36-27-16-39(18-29(27)44-32)31(41)20-38-14-6-7-15-38)24-11-9-13-26(22(24)2)33-37-28-17-40(19-30(28)45-33)34(42)43-35(3,4)5/h8-13H,6-7,14-20H2,1-5H3. The van der Waals surface area contributed by atoms with Crippen molar-refractivity contribution in [3.8, 4) is 32.3 Å². The number of hydrogen-bond acceptors (Lipinski definition) is 8. The number of fused-ring (bicyclic) bond motifs is 2. The molecule has 3 aliphatic rings. The van der Waals surface area contributed by atoms with Crippen LogP contribution in [-0.4, -0.2) is 61.9 Å². The molecule has 5 heterocycles. The summed E-state index contributed by atoms with van der Waals surface area (Å²) >= 11 is 3.38. The maximum atomic E-state index is 12.9. The fourth-order valence-electron chi connectivity index (χ4n) is 6.49. The van der Waals surface area contributed by atoms with Gasteiger partial charge in [-0.05, 0) is 82.8 Å². The van der Waals surface area contributed by atoms with E-state index >= 15 is 0 Å². The lowest BCUT2D eigenvalue weighted by atomic mass is 9.91. The van der Waals surface area contributed by atoms with Crippen molar-refractivity contribution in [2.45, 2.75) is 79.2 Å². The van der Waals surface area contributed by atoms with Gasteiger partial charge in [0.25, 0.3) is 0 Å². The van der Waals surface area contributed by atoms with Crippen LogP contribution in [0.25, 0.3) is 32.3 Å². The van der Waals surface area contributed by atoms with E-state index in [1.165, 1.54) is 40.0 Å². The molecule has 0 atom stereocenters. The van der Waals surface area contributed by atoms with E-state index in [0.29, 0.717) is 32.7 Å². The van der Waals surface area contributed by atoms with Gasteiger partial charge in [-0.3, -0.25) is 14.6 Å². The zero-order valence-electron chi connectivity index (χ0n) is 26.6. The quantitative estimate of drug-likeness (QED) is 0.226. The number of hydrogen-bond donors (Lipinski definition) is 0. The van der Waals surface area contributed by atoms with Gasteiger partial charge in [-0.1, -0.05) is 36.4 Å². The Bertz CT molecular complexity index is 1750. The van der Waals surface area contributed by atoms with Crippen molar-refractivity contribution in [3.05, 3.63) is 68.7 Å². The molecule has 1 fully saturated rings. The average Bonchev–Trinajstić information content (AvgIpc) is 3.79. The van der Waals surface area contributed by atoms with Crippen molar-refractivity contribution < 1.29 is 14.3 Å². The van der Waals surface area contributed by atoms with Crippen molar-refractivity contribution in [3.63, 3.8) is 0 Å². The number of benzene rings is 2. The van der Waals surface area contributed by atoms with Crippen LogP contribution in [0.15, 0.2) is 36.4 Å². The molecule has 2 amide bonds. The fourth-order valence-corrected chi connectivity index (χ4v) is 8.83. The number of amides is 2. The van der Waals surface area contributed by atoms with Gasteiger partial charge in [0.15, 0.2) is 0 Å². The second kappa shape index (κ2) is 11.6. The molecule has 4 aromatic rings. The summed E-state index contributed by atoms with van der Waals surface area (Å²) in [6.07, 6.45) is 2.09. The Labute approximate surface area is 272 Å². The lowest BCUT2D eigenvalue weighted by molar-refractivity contribution is -0.132. The molecular weight excluding hydrogens is 603 g/mol. The Hall–Kier alpha value is -3.60. The highest BCUT2D eigenvalue weighted by molar-refractivity contribution is 7.15. The molecule has 0 N–H and O–H groups in total. The van der Waals surface area contributed by atoms with Gasteiger partial charge in [0.1, 0.15) is 15.6 Å². The van der Waals surface area contributed by atoms with Crippen LogP contribution in [0.3, 0.4) is 0 Å². The van der Waals surface area contributed by atoms with Gasteiger partial charge >= 0.3 is 6.09 Å². The minimum atomic E-state index is -0.521. The molecule has 0 spiro atoms. The zero-order chi connectivity index (χ0) is 31.5. The molecule has 2 aromatic carbocycles. The molecular formula is C35H39N5O3S2. The number of thiazole rings is 2. The van der Waals surface area contributed by atoms with E-state index in [9.17, 15) is 9.59 Å². The first-order valence-corrected chi connectivity index (χ1v) is 17.3. The summed E-state index contributed by atoms with van der Waals surface area (Å²) in [5.41, 5.74) is 8.48. The van der Waals surface area contributed by atoms with Gasteiger partial charge in [0, 0.05) is 20.9 Å². The molecule has 3 aliphatic heterocycles. The average molecular weight is 642 g/mol. The van der Waals surface area contributed by atoms with Crippen LogP contribution >= 0.6 is 22.7 Å². The second-order valence-corrected chi connectivity index (χ2v) is 15.5. The maximum absolute atomic E-state index is 12.9. The highest BCUT2D eigenvalue weighted by Gasteiger charge is 2.32. The van der Waals surface area contributed by atoms with Crippen molar-refractivity contribution in [2.24, 2.45) is 0 Å². The van der Waals surface area contributed by atoms with Crippen molar-refractivity contribution in [2.75, 3.05) is 19.6 Å². The molecule has 0 saturated carbocycles. The van der Waals surface area contributed by atoms with E-state index in [2.05, 4.69) is 55.1 Å². The van der Waals surface area contributed by atoms with Gasteiger partial charge in [0.2, 0.25) is 5.91 Å². The number of nitrogens with zero attached hydrogens (tertiary/aromatic N) is 5. The number of ether oxygens (including phenoxy) is 1. The van der Waals surface area contributed by atoms with E-state index in [0.717, 1.165) is 50.5 Å². The van der Waals surface area contributed by atoms with E-state index in [1.54, 1.807) is 27.6 Å².